The van der Waals surface area contributed by atoms with Gasteiger partial charge in [-0.05, 0) is 37.0 Å². The molecule has 0 saturated carbocycles. The van der Waals surface area contributed by atoms with Crippen molar-refractivity contribution in [2.75, 3.05) is 18.4 Å². The van der Waals surface area contributed by atoms with E-state index in [1.54, 1.807) is 30.6 Å². The number of aromatic nitrogens is 2. The Morgan fingerprint density at radius 1 is 1.12 bits per heavy atom. The molecule has 0 radical (unpaired) electrons. The Morgan fingerprint density at radius 2 is 1.71 bits per heavy atom. The van der Waals surface area contributed by atoms with E-state index in [9.17, 15) is 4.79 Å². The number of nitrogens with one attached hydrogen (secondary N) is 1. The molecule has 0 aliphatic carbocycles. The van der Waals surface area contributed by atoms with Gasteiger partial charge in [0.05, 0.1) is 5.56 Å². The molecule has 1 saturated heterocycles. The number of hydrogen-bond donors (Lipinski definition) is 1. The molecule has 0 atom stereocenters. The van der Waals surface area contributed by atoms with E-state index in [4.69, 9.17) is 23.2 Å². The van der Waals surface area contributed by atoms with Crippen molar-refractivity contribution in [3.63, 3.8) is 0 Å². The third-order valence-corrected chi connectivity index (χ3v) is 4.52. The summed E-state index contributed by atoms with van der Waals surface area (Å²) in [6.45, 7) is 3.80. The Morgan fingerprint density at radius 3 is 2.29 bits per heavy atom. The lowest BCUT2D eigenvalue weighted by Gasteiger charge is -2.30. The zero-order valence-corrected chi connectivity index (χ0v) is 14.8. The van der Waals surface area contributed by atoms with Crippen molar-refractivity contribution in [3.8, 4) is 0 Å². The summed E-state index contributed by atoms with van der Waals surface area (Å²) in [4.78, 5) is 22.7. The van der Waals surface area contributed by atoms with Gasteiger partial charge in [-0.1, -0.05) is 30.1 Å². The molecule has 1 aromatic heterocycles. The Hall–Kier alpha value is -1.85. The van der Waals surface area contributed by atoms with Crippen LogP contribution >= 0.6 is 23.2 Å². The number of carbonyl (C=O) groups excluding carboxylic acids is 1. The van der Waals surface area contributed by atoms with E-state index in [2.05, 4.69) is 22.2 Å². The molecular weight excluding hydrogens is 347 g/mol. The summed E-state index contributed by atoms with van der Waals surface area (Å²) < 4.78 is 0. The first-order chi connectivity index (χ1) is 11.5. The molecule has 0 unspecified atom stereocenters. The van der Waals surface area contributed by atoms with Crippen LogP contribution in [0.4, 0.5) is 11.6 Å². The molecule has 1 amide bonds. The quantitative estimate of drug-likeness (QED) is 0.876. The molecule has 5 nitrogen and oxygen atoms in total. The average molecular weight is 365 g/mol. The normalized spacial score (nSPS) is 15.4. The lowest BCUT2D eigenvalue weighted by atomic mass is 9.99. The van der Waals surface area contributed by atoms with Gasteiger partial charge in [0, 0.05) is 41.2 Å². The van der Waals surface area contributed by atoms with Gasteiger partial charge >= 0.3 is 0 Å². The number of benzene rings is 1. The van der Waals surface area contributed by atoms with Crippen LogP contribution in [0.2, 0.25) is 10.0 Å². The number of rotatable bonds is 3. The number of piperidine rings is 1. The molecule has 24 heavy (non-hydrogen) atoms. The van der Waals surface area contributed by atoms with Gasteiger partial charge < -0.3 is 10.2 Å². The highest BCUT2D eigenvalue weighted by Gasteiger charge is 2.21. The van der Waals surface area contributed by atoms with Gasteiger partial charge in [0.25, 0.3) is 5.91 Å². The number of hydrogen-bond acceptors (Lipinski definition) is 4. The Bertz CT molecular complexity index is 708. The Labute approximate surface area is 151 Å². The summed E-state index contributed by atoms with van der Waals surface area (Å²) in [5, 5.41) is 4.07. The molecule has 1 fully saturated rings. The van der Waals surface area contributed by atoms with Gasteiger partial charge in [-0.3, -0.25) is 4.79 Å². The van der Waals surface area contributed by atoms with Crippen LogP contribution in [0.5, 0.6) is 0 Å². The first-order valence-corrected chi connectivity index (χ1v) is 8.61. The van der Waals surface area contributed by atoms with Crippen LogP contribution < -0.4 is 5.32 Å². The van der Waals surface area contributed by atoms with Gasteiger partial charge in [-0.2, -0.15) is 0 Å². The first kappa shape index (κ1) is 17.0. The zero-order chi connectivity index (χ0) is 17.1. The van der Waals surface area contributed by atoms with Crippen LogP contribution in [0.1, 0.15) is 30.1 Å². The standard InChI is InChI=1S/C17H18Cl2N4O/c1-11-2-4-23(5-3-11)16(24)12-9-20-17(21-10-12)22-15-7-13(18)6-14(19)8-15/h6-11H,2-5H2,1H3,(H,20,21,22). The zero-order valence-electron chi connectivity index (χ0n) is 13.3. The fraction of sp³-hybridized carbons (Fsp3) is 0.353. The SMILES string of the molecule is CC1CCN(C(=O)c2cnc(Nc3cc(Cl)cc(Cl)c3)nc2)CC1. The van der Waals surface area contributed by atoms with Crippen LogP contribution in [0.15, 0.2) is 30.6 Å². The van der Waals surface area contributed by atoms with Crippen LogP contribution in [0.25, 0.3) is 0 Å². The van der Waals surface area contributed by atoms with E-state index in [0.29, 0.717) is 33.2 Å². The minimum atomic E-state index is -0.0146. The predicted octanol–water partition coefficient (Wildman–Crippen LogP) is 4.40. The van der Waals surface area contributed by atoms with Crippen molar-refractivity contribution < 1.29 is 4.79 Å². The second-order valence-electron chi connectivity index (χ2n) is 6.05. The van der Waals surface area contributed by atoms with E-state index in [-0.39, 0.29) is 5.91 Å². The molecule has 1 aliphatic rings. The van der Waals surface area contributed by atoms with Crippen molar-refractivity contribution in [1.82, 2.24) is 14.9 Å². The monoisotopic (exact) mass is 364 g/mol. The summed E-state index contributed by atoms with van der Waals surface area (Å²) in [6, 6.07) is 5.10. The van der Waals surface area contributed by atoms with Crippen molar-refractivity contribution in [2.24, 2.45) is 5.92 Å². The molecular formula is C17H18Cl2N4O. The molecule has 0 bridgehead atoms. The molecule has 126 valence electrons. The fourth-order valence-electron chi connectivity index (χ4n) is 2.65. The average Bonchev–Trinajstić information content (AvgIpc) is 2.55. The second-order valence-corrected chi connectivity index (χ2v) is 6.93. The molecule has 1 aromatic carbocycles. The summed E-state index contributed by atoms with van der Waals surface area (Å²) in [6.07, 6.45) is 5.17. The van der Waals surface area contributed by atoms with E-state index < -0.39 is 0 Å². The number of carbonyl (C=O) groups is 1. The summed E-state index contributed by atoms with van der Waals surface area (Å²) in [5.74, 6) is 1.05. The maximum atomic E-state index is 12.5. The third-order valence-electron chi connectivity index (χ3n) is 4.09. The highest BCUT2D eigenvalue weighted by atomic mass is 35.5. The largest absolute Gasteiger partial charge is 0.339 e. The van der Waals surface area contributed by atoms with Gasteiger partial charge in [0.2, 0.25) is 5.95 Å². The summed E-state index contributed by atoms with van der Waals surface area (Å²) in [5.41, 5.74) is 1.19. The molecule has 3 rings (SSSR count). The molecule has 1 aliphatic heterocycles. The van der Waals surface area contributed by atoms with E-state index in [1.165, 1.54) is 0 Å². The first-order valence-electron chi connectivity index (χ1n) is 7.86. The minimum absolute atomic E-state index is 0.0146. The predicted molar refractivity (Wildman–Crippen MR) is 96.1 cm³/mol. The van der Waals surface area contributed by atoms with Crippen LogP contribution in [0, 0.1) is 5.92 Å². The molecule has 1 N–H and O–H groups in total. The van der Waals surface area contributed by atoms with E-state index in [1.807, 2.05) is 4.90 Å². The third kappa shape index (κ3) is 4.16. The molecule has 2 heterocycles. The fourth-order valence-corrected chi connectivity index (χ4v) is 3.18. The number of likely N-dealkylation sites (tertiary alicyclic amines) is 1. The molecule has 0 spiro atoms. The summed E-state index contributed by atoms with van der Waals surface area (Å²) >= 11 is 11.9. The lowest BCUT2D eigenvalue weighted by Crippen LogP contribution is -2.38. The maximum Gasteiger partial charge on any atom is 0.256 e. The summed E-state index contributed by atoms with van der Waals surface area (Å²) in [7, 11) is 0. The number of halogens is 2. The lowest BCUT2D eigenvalue weighted by molar-refractivity contribution is 0.0696. The van der Waals surface area contributed by atoms with Crippen LogP contribution in [-0.4, -0.2) is 33.9 Å². The van der Waals surface area contributed by atoms with Crippen LogP contribution in [0.3, 0.4) is 0 Å². The molecule has 2 aromatic rings. The topological polar surface area (TPSA) is 58.1 Å². The molecule has 7 heteroatoms. The van der Waals surface area contributed by atoms with Gasteiger partial charge in [-0.25, -0.2) is 9.97 Å². The van der Waals surface area contributed by atoms with Crippen molar-refractivity contribution in [1.29, 1.82) is 0 Å². The number of amides is 1. The second kappa shape index (κ2) is 7.36. The highest BCUT2D eigenvalue weighted by molar-refractivity contribution is 6.35. The van der Waals surface area contributed by atoms with Crippen molar-refractivity contribution in [2.45, 2.75) is 19.8 Å². The maximum absolute atomic E-state index is 12.5. The number of anilines is 2. The highest BCUT2D eigenvalue weighted by Crippen LogP contribution is 2.24. The Balaban J connectivity index is 1.67. The van der Waals surface area contributed by atoms with E-state index >= 15 is 0 Å². The van der Waals surface area contributed by atoms with Crippen LogP contribution in [-0.2, 0) is 0 Å². The van der Waals surface area contributed by atoms with Crippen molar-refractivity contribution in [3.05, 3.63) is 46.2 Å². The van der Waals surface area contributed by atoms with Crippen molar-refractivity contribution >= 4 is 40.7 Å². The van der Waals surface area contributed by atoms with Gasteiger partial charge in [-0.15, -0.1) is 0 Å². The smallest absolute Gasteiger partial charge is 0.256 e. The van der Waals surface area contributed by atoms with Gasteiger partial charge in [0.15, 0.2) is 0 Å². The minimum Gasteiger partial charge on any atom is -0.339 e. The number of nitrogens with zero attached hydrogens (tertiary/aromatic N) is 3. The Kier molecular flexibility index (Phi) is 5.21. The van der Waals surface area contributed by atoms with E-state index in [0.717, 1.165) is 25.9 Å². The van der Waals surface area contributed by atoms with Gasteiger partial charge in [0.1, 0.15) is 0 Å².